The van der Waals surface area contributed by atoms with Crippen LogP contribution in [0.1, 0.15) is 48.0 Å². The maximum atomic E-state index is 11.7. The van der Waals surface area contributed by atoms with E-state index < -0.39 is 0 Å². The lowest BCUT2D eigenvalue weighted by atomic mass is 9.83. The molecule has 0 amide bonds. The Morgan fingerprint density at radius 3 is 2.06 bits per heavy atom. The molecule has 0 aliphatic heterocycles. The molecule has 3 heteroatoms. The fourth-order valence-electron chi connectivity index (χ4n) is 2.13. The van der Waals surface area contributed by atoms with Crippen LogP contribution >= 0.6 is 0 Å². The second kappa shape index (κ2) is 6.89. The summed E-state index contributed by atoms with van der Waals surface area (Å²) in [7, 11) is 0. The van der Waals surface area contributed by atoms with E-state index in [0.717, 1.165) is 13.1 Å². The van der Waals surface area contributed by atoms with Crippen LogP contribution in [0, 0.1) is 5.92 Å². The normalized spacial score (nSPS) is 15.2. The third kappa shape index (κ3) is 3.78. The monoisotopic (exact) mass is 229 g/mol. The first kappa shape index (κ1) is 15.4. The zero-order chi connectivity index (χ0) is 12.8. The van der Waals surface area contributed by atoms with Gasteiger partial charge in [-0.25, -0.2) is 0 Å². The molecule has 0 spiro atoms. The third-order valence-electron chi connectivity index (χ3n) is 3.54. The van der Waals surface area contributed by atoms with Crippen molar-refractivity contribution in [3.05, 3.63) is 0 Å². The predicted octanol–water partition coefficient (Wildman–Crippen LogP) is 2.70. The molecule has 1 unspecified atom stereocenters. The quantitative estimate of drug-likeness (QED) is 0.629. The fraction of sp³-hybridized carbons (Fsp3) is 0.923. The summed E-state index contributed by atoms with van der Waals surface area (Å²) in [6.45, 7) is 15.0. The summed E-state index contributed by atoms with van der Waals surface area (Å²) in [5, 5.41) is 0. The van der Waals surface area contributed by atoms with E-state index in [9.17, 15) is 4.79 Å². The van der Waals surface area contributed by atoms with Gasteiger partial charge in [0.05, 0.1) is 13.0 Å². The molecule has 96 valence electrons. The van der Waals surface area contributed by atoms with E-state index >= 15 is 0 Å². The van der Waals surface area contributed by atoms with Gasteiger partial charge in [-0.2, -0.15) is 0 Å². The van der Waals surface area contributed by atoms with Crippen LogP contribution in [0.25, 0.3) is 0 Å². The van der Waals surface area contributed by atoms with Crippen molar-refractivity contribution in [2.75, 3.05) is 19.7 Å². The maximum Gasteiger partial charge on any atom is 0.307 e. The molecule has 0 rings (SSSR count). The molecule has 0 aliphatic rings. The van der Waals surface area contributed by atoms with Crippen molar-refractivity contribution in [2.45, 2.75) is 53.5 Å². The van der Waals surface area contributed by atoms with Crippen molar-refractivity contribution in [1.82, 2.24) is 4.90 Å². The largest absolute Gasteiger partial charge is 0.466 e. The number of rotatable bonds is 7. The first-order chi connectivity index (χ1) is 7.42. The van der Waals surface area contributed by atoms with Gasteiger partial charge in [-0.3, -0.25) is 9.69 Å². The van der Waals surface area contributed by atoms with Crippen LogP contribution in [-0.2, 0) is 9.53 Å². The lowest BCUT2D eigenvalue weighted by Gasteiger charge is -2.43. The first-order valence-corrected chi connectivity index (χ1v) is 6.32. The van der Waals surface area contributed by atoms with Gasteiger partial charge in [-0.05, 0) is 32.9 Å². The number of carbonyl (C=O) groups is 1. The van der Waals surface area contributed by atoms with Crippen LogP contribution in [0.3, 0.4) is 0 Å². The Balaban J connectivity index is 4.74. The van der Waals surface area contributed by atoms with Gasteiger partial charge in [0.25, 0.3) is 0 Å². The molecule has 0 saturated heterocycles. The molecule has 1 atom stereocenters. The second-order valence-electron chi connectivity index (χ2n) is 4.67. The molecule has 0 saturated carbocycles. The Hall–Kier alpha value is -0.570. The van der Waals surface area contributed by atoms with Crippen LogP contribution in [0.4, 0.5) is 0 Å². The number of esters is 1. The SMILES string of the molecule is CCOC(=O)CC(C)(C(C)C)N(CC)CC. The van der Waals surface area contributed by atoms with E-state index in [0.29, 0.717) is 18.9 Å². The number of nitrogens with zero attached hydrogens (tertiary/aromatic N) is 1. The molecular formula is C13H27NO2. The van der Waals surface area contributed by atoms with Crippen LogP contribution in [0.5, 0.6) is 0 Å². The highest BCUT2D eigenvalue weighted by molar-refractivity contribution is 5.70. The van der Waals surface area contributed by atoms with Gasteiger partial charge in [0.15, 0.2) is 0 Å². The average Bonchev–Trinajstić information content (AvgIpc) is 2.19. The minimum absolute atomic E-state index is 0.0920. The zero-order valence-electron chi connectivity index (χ0n) is 11.7. The molecule has 0 bridgehead atoms. The summed E-state index contributed by atoms with van der Waals surface area (Å²) in [6, 6.07) is 0. The summed E-state index contributed by atoms with van der Waals surface area (Å²) < 4.78 is 5.06. The van der Waals surface area contributed by atoms with Crippen LogP contribution in [0.2, 0.25) is 0 Å². The molecule has 0 fully saturated rings. The molecule has 0 aromatic carbocycles. The molecule has 0 radical (unpaired) electrons. The van der Waals surface area contributed by atoms with Crippen molar-refractivity contribution in [2.24, 2.45) is 5.92 Å². The van der Waals surface area contributed by atoms with Gasteiger partial charge in [0.1, 0.15) is 0 Å². The molecule has 16 heavy (non-hydrogen) atoms. The van der Waals surface area contributed by atoms with Gasteiger partial charge in [-0.1, -0.05) is 27.7 Å². The Morgan fingerprint density at radius 2 is 1.75 bits per heavy atom. The highest BCUT2D eigenvalue weighted by atomic mass is 16.5. The Bertz CT molecular complexity index is 212. The second-order valence-corrected chi connectivity index (χ2v) is 4.67. The lowest BCUT2D eigenvalue weighted by molar-refractivity contribution is -0.147. The predicted molar refractivity (Wildman–Crippen MR) is 67.4 cm³/mol. The smallest absolute Gasteiger partial charge is 0.307 e. The molecule has 0 N–H and O–H groups in total. The number of hydrogen-bond donors (Lipinski definition) is 0. The van der Waals surface area contributed by atoms with Crippen LogP contribution in [0.15, 0.2) is 0 Å². The van der Waals surface area contributed by atoms with E-state index in [-0.39, 0.29) is 11.5 Å². The summed E-state index contributed by atoms with van der Waals surface area (Å²) in [5.41, 5.74) is -0.101. The van der Waals surface area contributed by atoms with Gasteiger partial charge in [0.2, 0.25) is 0 Å². The van der Waals surface area contributed by atoms with Crippen molar-refractivity contribution >= 4 is 5.97 Å². The minimum atomic E-state index is -0.101. The highest BCUT2D eigenvalue weighted by Crippen LogP contribution is 2.28. The van der Waals surface area contributed by atoms with E-state index in [1.165, 1.54) is 0 Å². The van der Waals surface area contributed by atoms with Crippen LogP contribution < -0.4 is 0 Å². The van der Waals surface area contributed by atoms with Crippen molar-refractivity contribution in [3.63, 3.8) is 0 Å². The Labute approximate surface area is 100 Å². The summed E-state index contributed by atoms with van der Waals surface area (Å²) >= 11 is 0. The van der Waals surface area contributed by atoms with Crippen molar-refractivity contribution < 1.29 is 9.53 Å². The van der Waals surface area contributed by atoms with E-state index in [2.05, 4.69) is 39.5 Å². The Morgan fingerprint density at radius 1 is 1.25 bits per heavy atom. The molecule has 0 aromatic rings. The standard InChI is InChI=1S/C13H27NO2/c1-7-14(8-2)13(6,11(4)5)10-12(15)16-9-3/h11H,7-10H2,1-6H3. The van der Waals surface area contributed by atoms with Crippen molar-refractivity contribution in [1.29, 1.82) is 0 Å². The van der Waals surface area contributed by atoms with Gasteiger partial charge in [0, 0.05) is 5.54 Å². The van der Waals surface area contributed by atoms with Crippen LogP contribution in [-0.4, -0.2) is 36.1 Å². The van der Waals surface area contributed by atoms with E-state index in [4.69, 9.17) is 4.74 Å². The number of hydrogen-bond acceptors (Lipinski definition) is 3. The lowest BCUT2D eigenvalue weighted by Crippen LogP contribution is -2.51. The fourth-order valence-corrected chi connectivity index (χ4v) is 2.13. The molecule has 0 aliphatic carbocycles. The van der Waals surface area contributed by atoms with E-state index in [1.54, 1.807) is 0 Å². The summed E-state index contributed by atoms with van der Waals surface area (Å²) in [6.07, 6.45) is 0.472. The molecule has 0 aromatic heterocycles. The Kier molecular flexibility index (Phi) is 6.65. The topological polar surface area (TPSA) is 29.5 Å². The molecule has 0 heterocycles. The number of carbonyl (C=O) groups excluding carboxylic acids is 1. The van der Waals surface area contributed by atoms with Gasteiger partial charge < -0.3 is 4.74 Å². The molecular weight excluding hydrogens is 202 g/mol. The third-order valence-corrected chi connectivity index (χ3v) is 3.54. The zero-order valence-corrected chi connectivity index (χ0v) is 11.7. The minimum Gasteiger partial charge on any atom is -0.466 e. The molecule has 3 nitrogen and oxygen atoms in total. The van der Waals surface area contributed by atoms with E-state index in [1.807, 2.05) is 6.92 Å². The summed E-state index contributed by atoms with van der Waals surface area (Å²) in [4.78, 5) is 14.0. The number of ether oxygens (including phenoxy) is 1. The van der Waals surface area contributed by atoms with Gasteiger partial charge >= 0.3 is 5.97 Å². The summed E-state index contributed by atoms with van der Waals surface area (Å²) in [5.74, 6) is 0.336. The first-order valence-electron chi connectivity index (χ1n) is 6.32. The average molecular weight is 229 g/mol. The van der Waals surface area contributed by atoms with Crippen molar-refractivity contribution in [3.8, 4) is 0 Å². The highest BCUT2D eigenvalue weighted by Gasteiger charge is 2.36. The van der Waals surface area contributed by atoms with Gasteiger partial charge in [-0.15, -0.1) is 0 Å². The maximum absolute atomic E-state index is 11.7.